The van der Waals surface area contributed by atoms with Crippen LogP contribution in [0, 0.1) is 12.3 Å². The molecule has 1 aromatic carbocycles. The molecule has 0 saturated heterocycles. The van der Waals surface area contributed by atoms with Crippen molar-refractivity contribution < 1.29 is 9.53 Å². The van der Waals surface area contributed by atoms with Gasteiger partial charge in [-0.2, -0.15) is 0 Å². The zero-order valence-electron chi connectivity index (χ0n) is 10.6. The summed E-state index contributed by atoms with van der Waals surface area (Å²) >= 11 is 5.96. The molecule has 4 heteroatoms. The smallest absolute Gasteiger partial charge is 0.409 e. The first-order chi connectivity index (χ1) is 7.78. The van der Waals surface area contributed by atoms with Gasteiger partial charge in [-0.3, -0.25) is 0 Å². The molecule has 3 nitrogen and oxygen atoms in total. The van der Waals surface area contributed by atoms with Crippen molar-refractivity contribution in [2.75, 3.05) is 6.54 Å². The minimum Gasteiger partial charge on any atom is -0.409 e. The molecule has 0 saturated carbocycles. The van der Waals surface area contributed by atoms with Crippen LogP contribution in [0.15, 0.2) is 18.2 Å². The number of ether oxygens (including phenoxy) is 1. The van der Waals surface area contributed by atoms with Crippen LogP contribution in [0.25, 0.3) is 0 Å². The van der Waals surface area contributed by atoms with E-state index in [-0.39, 0.29) is 5.41 Å². The minimum absolute atomic E-state index is 0.0239. The van der Waals surface area contributed by atoms with Gasteiger partial charge >= 0.3 is 6.09 Å². The average molecular weight is 256 g/mol. The zero-order chi connectivity index (χ0) is 13.1. The first kappa shape index (κ1) is 13.8. The second-order valence-electron chi connectivity index (χ2n) is 5.24. The van der Waals surface area contributed by atoms with Gasteiger partial charge in [0, 0.05) is 6.54 Å². The average Bonchev–Trinajstić information content (AvgIpc) is 2.18. The van der Waals surface area contributed by atoms with Crippen molar-refractivity contribution >= 4 is 17.7 Å². The lowest BCUT2D eigenvalue weighted by Gasteiger charge is -2.18. The Balaban J connectivity index is 2.57. The fourth-order valence-corrected chi connectivity index (χ4v) is 1.44. The number of amides is 1. The SMILES string of the molecule is Cc1ccc(OC(=O)NCC(C)(C)C)c(Cl)c1. The number of carbonyl (C=O) groups is 1. The summed E-state index contributed by atoms with van der Waals surface area (Å²) in [6.45, 7) is 8.58. The van der Waals surface area contributed by atoms with E-state index in [2.05, 4.69) is 5.32 Å². The van der Waals surface area contributed by atoms with Gasteiger partial charge in [0.1, 0.15) is 0 Å². The maximum absolute atomic E-state index is 11.5. The molecule has 0 heterocycles. The summed E-state index contributed by atoms with van der Waals surface area (Å²) in [5.41, 5.74) is 1.05. The minimum atomic E-state index is -0.481. The Morgan fingerprint density at radius 2 is 2.06 bits per heavy atom. The number of aryl methyl sites for hydroxylation is 1. The van der Waals surface area contributed by atoms with Crippen molar-refractivity contribution in [2.24, 2.45) is 5.41 Å². The maximum Gasteiger partial charge on any atom is 0.412 e. The Labute approximate surface area is 107 Å². The van der Waals surface area contributed by atoms with Crippen molar-refractivity contribution in [3.63, 3.8) is 0 Å². The number of carbonyl (C=O) groups excluding carboxylic acids is 1. The zero-order valence-corrected chi connectivity index (χ0v) is 11.4. The number of benzene rings is 1. The molecule has 0 aliphatic carbocycles. The van der Waals surface area contributed by atoms with E-state index in [4.69, 9.17) is 16.3 Å². The van der Waals surface area contributed by atoms with Crippen LogP contribution in [0.5, 0.6) is 5.75 Å². The largest absolute Gasteiger partial charge is 0.412 e. The third-order valence-corrected chi connectivity index (χ3v) is 2.35. The molecule has 1 rings (SSSR count). The van der Waals surface area contributed by atoms with E-state index < -0.39 is 6.09 Å². The lowest BCUT2D eigenvalue weighted by Crippen LogP contribution is -2.34. The molecular formula is C13H18ClNO2. The van der Waals surface area contributed by atoms with Crippen molar-refractivity contribution in [2.45, 2.75) is 27.7 Å². The maximum atomic E-state index is 11.5. The number of hydrogen-bond acceptors (Lipinski definition) is 2. The fraction of sp³-hybridized carbons (Fsp3) is 0.462. The summed E-state index contributed by atoms with van der Waals surface area (Å²) < 4.78 is 5.11. The van der Waals surface area contributed by atoms with Gasteiger partial charge in [-0.1, -0.05) is 38.4 Å². The summed E-state index contributed by atoms with van der Waals surface area (Å²) in [4.78, 5) is 11.5. The van der Waals surface area contributed by atoms with Gasteiger partial charge < -0.3 is 10.1 Å². The van der Waals surface area contributed by atoms with E-state index in [0.29, 0.717) is 17.3 Å². The number of rotatable bonds is 2. The quantitative estimate of drug-likeness (QED) is 0.873. The monoisotopic (exact) mass is 255 g/mol. The molecule has 0 aliphatic rings. The molecule has 0 aliphatic heterocycles. The van der Waals surface area contributed by atoms with Gasteiger partial charge in [0.05, 0.1) is 5.02 Å². The molecular weight excluding hydrogens is 238 g/mol. The third kappa shape index (κ3) is 5.09. The number of hydrogen-bond donors (Lipinski definition) is 1. The molecule has 94 valence electrons. The standard InChI is InChI=1S/C13H18ClNO2/c1-9-5-6-11(10(14)7-9)17-12(16)15-8-13(2,3)4/h5-7H,8H2,1-4H3,(H,15,16). The van der Waals surface area contributed by atoms with E-state index in [1.807, 2.05) is 33.8 Å². The predicted octanol–water partition coefficient (Wildman–Crippen LogP) is 3.78. The van der Waals surface area contributed by atoms with Gasteiger partial charge in [0.2, 0.25) is 0 Å². The van der Waals surface area contributed by atoms with Crippen LogP contribution in [-0.2, 0) is 0 Å². The Hall–Kier alpha value is -1.22. The van der Waals surface area contributed by atoms with Gasteiger partial charge in [-0.05, 0) is 30.0 Å². The summed E-state index contributed by atoms with van der Waals surface area (Å²) in [5.74, 6) is 0.378. The number of halogens is 1. The molecule has 0 spiro atoms. The molecule has 1 N–H and O–H groups in total. The van der Waals surface area contributed by atoms with Crippen molar-refractivity contribution in [3.8, 4) is 5.75 Å². The Kier molecular flexibility index (Phi) is 4.40. The second kappa shape index (κ2) is 5.41. The highest BCUT2D eigenvalue weighted by Crippen LogP contribution is 2.25. The lowest BCUT2D eigenvalue weighted by molar-refractivity contribution is 0.195. The topological polar surface area (TPSA) is 38.3 Å². The summed E-state index contributed by atoms with van der Waals surface area (Å²) in [5, 5.41) is 3.13. The lowest BCUT2D eigenvalue weighted by atomic mass is 9.97. The predicted molar refractivity (Wildman–Crippen MR) is 69.7 cm³/mol. The van der Waals surface area contributed by atoms with Crippen LogP contribution in [-0.4, -0.2) is 12.6 Å². The van der Waals surface area contributed by atoms with Crippen LogP contribution < -0.4 is 10.1 Å². The molecule has 1 aromatic rings. The van der Waals surface area contributed by atoms with Crippen LogP contribution in [0.4, 0.5) is 4.79 Å². The van der Waals surface area contributed by atoms with E-state index in [1.54, 1.807) is 12.1 Å². The normalized spacial score (nSPS) is 11.1. The number of nitrogens with one attached hydrogen (secondary N) is 1. The Morgan fingerprint density at radius 1 is 1.41 bits per heavy atom. The molecule has 0 unspecified atom stereocenters. The van der Waals surface area contributed by atoms with Crippen molar-refractivity contribution in [3.05, 3.63) is 28.8 Å². The molecule has 17 heavy (non-hydrogen) atoms. The highest BCUT2D eigenvalue weighted by atomic mass is 35.5. The van der Waals surface area contributed by atoms with Gasteiger partial charge in [0.25, 0.3) is 0 Å². The second-order valence-corrected chi connectivity index (χ2v) is 5.64. The molecule has 1 amide bonds. The van der Waals surface area contributed by atoms with Crippen LogP contribution >= 0.6 is 11.6 Å². The molecule has 0 fully saturated rings. The summed E-state index contributed by atoms with van der Waals surface area (Å²) in [6.07, 6.45) is -0.481. The van der Waals surface area contributed by atoms with Crippen LogP contribution in [0.1, 0.15) is 26.3 Å². The molecule has 0 aromatic heterocycles. The summed E-state index contributed by atoms with van der Waals surface area (Å²) in [6, 6.07) is 5.29. The molecule has 0 bridgehead atoms. The van der Waals surface area contributed by atoms with E-state index in [1.165, 1.54) is 0 Å². The Morgan fingerprint density at radius 3 is 2.59 bits per heavy atom. The first-order valence-electron chi connectivity index (χ1n) is 5.50. The van der Waals surface area contributed by atoms with Gasteiger partial charge in [-0.15, -0.1) is 0 Å². The molecule has 0 atom stereocenters. The van der Waals surface area contributed by atoms with E-state index >= 15 is 0 Å². The van der Waals surface area contributed by atoms with Crippen molar-refractivity contribution in [1.82, 2.24) is 5.32 Å². The Bertz CT molecular complexity index is 410. The highest BCUT2D eigenvalue weighted by molar-refractivity contribution is 6.32. The van der Waals surface area contributed by atoms with Gasteiger partial charge in [-0.25, -0.2) is 4.79 Å². The van der Waals surface area contributed by atoms with E-state index in [9.17, 15) is 4.79 Å². The van der Waals surface area contributed by atoms with Crippen LogP contribution in [0.2, 0.25) is 5.02 Å². The van der Waals surface area contributed by atoms with Crippen molar-refractivity contribution in [1.29, 1.82) is 0 Å². The molecule has 0 radical (unpaired) electrons. The summed E-state index contributed by atoms with van der Waals surface area (Å²) in [7, 11) is 0. The third-order valence-electron chi connectivity index (χ3n) is 2.05. The highest BCUT2D eigenvalue weighted by Gasteiger charge is 2.13. The first-order valence-corrected chi connectivity index (χ1v) is 5.87. The van der Waals surface area contributed by atoms with Gasteiger partial charge in [0.15, 0.2) is 5.75 Å². The van der Waals surface area contributed by atoms with E-state index in [0.717, 1.165) is 5.56 Å². The van der Waals surface area contributed by atoms with Crippen LogP contribution in [0.3, 0.4) is 0 Å². The fourth-order valence-electron chi connectivity index (χ4n) is 1.16.